The molecule has 1 aliphatic heterocycles. The lowest BCUT2D eigenvalue weighted by Crippen LogP contribution is -2.42. The van der Waals surface area contributed by atoms with Gasteiger partial charge in [0.15, 0.2) is 0 Å². The molecule has 0 spiro atoms. The van der Waals surface area contributed by atoms with E-state index in [0.29, 0.717) is 27.0 Å². The molecule has 0 radical (unpaired) electrons. The van der Waals surface area contributed by atoms with E-state index in [4.69, 9.17) is 23.2 Å². The van der Waals surface area contributed by atoms with Gasteiger partial charge in [-0.3, -0.25) is 0 Å². The van der Waals surface area contributed by atoms with E-state index in [9.17, 15) is 14.7 Å². The molecule has 26 heavy (non-hydrogen) atoms. The molecule has 0 bridgehead atoms. The summed E-state index contributed by atoms with van der Waals surface area (Å²) in [6.45, 7) is 1.95. The second-order valence-corrected chi connectivity index (χ2v) is 6.98. The van der Waals surface area contributed by atoms with Gasteiger partial charge in [-0.25, -0.2) is 9.59 Å². The van der Waals surface area contributed by atoms with Gasteiger partial charge in [-0.2, -0.15) is 0 Å². The highest BCUT2D eigenvalue weighted by atomic mass is 35.5. The molecule has 2 atom stereocenters. The summed E-state index contributed by atoms with van der Waals surface area (Å²) in [7, 11) is 0. The highest BCUT2D eigenvalue weighted by Crippen LogP contribution is 2.39. The van der Waals surface area contributed by atoms with Crippen LogP contribution < -0.4 is 16.0 Å². The third-order valence-corrected chi connectivity index (χ3v) is 4.69. The van der Waals surface area contributed by atoms with Crippen molar-refractivity contribution in [1.82, 2.24) is 5.32 Å². The normalized spacial score (nSPS) is 18.4. The van der Waals surface area contributed by atoms with Crippen LogP contribution in [0.1, 0.15) is 23.6 Å². The van der Waals surface area contributed by atoms with Crippen LogP contribution in [-0.4, -0.2) is 23.1 Å². The van der Waals surface area contributed by atoms with E-state index in [1.54, 1.807) is 24.3 Å². The number of amides is 2. The van der Waals surface area contributed by atoms with Gasteiger partial charge < -0.3 is 21.1 Å². The number of aryl methyl sites for hydroxylation is 1. The number of aliphatic carboxylic acids is 1. The number of carboxylic acids is 1. The maximum Gasteiger partial charge on any atom is 0.326 e. The van der Waals surface area contributed by atoms with Gasteiger partial charge in [-0.1, -0.05) is 40.9 Å². The molecular weight excluding hydrogens is 377 g/mol. The Balaban J connectivity index is 1.83. The minimum atomic E-state index is -1.02. The zero-order valence-electron chi connectivity index (χ0n) is 13.8. The zero-order valence-corrected chi connectivity index (χ0v) is 15.4. The number of halogens is 2. The van der Waals surface area contributed by atoms with Crippen LogP contribution in [0.3, 0.4) is 0 Å². The average Bonchev–Trinajstić information content (AvgIpc) is 2.55. The Labute approximate surface area is 160 Å². The van der Waals surface area contributed by atoms with Crippen LogP contribution in [0.4, 0.5) is 16.2 Å². The molecule has 2 unspecified atom stereocenters. The molecule has 8 heteroatoms. The summed E-state index contributed by atoms with van der Waals surface area (Å²) in [6.07, 6.45) is 0.158. The second-order valence-electron chi connectivity index (χ2n) is 6.14. The SMILES string of the molecule is Cc1ccc(NC(=O)NC2CC(C(=O)O)Nc3cc(Cl)cc(Cl)c32)cc1. The Morgan fingerprint density at radius 3 is 2.54 bits per heavy atom. The first-order chi connectivity index (χ1) is 12.3. The number of urea groups is 1. The lowest BCUT2D eigenvalue weighted by atomic mass is 9.93. The molecule has 2 aromatic carbocycles. The van der Waals surface area contributed by atoms with Crippen molar-refractivity contribution in [2.45, 2.75) is 25.4 Å². The maximum atomic E-state index is 12.4. The third kappa shape index (κ3) is 4.03. The van der Waals surface area contributed by atoms with Gasteiger partial charge in [0.1, 0.15) is 6.04 Å². The first-order valence-electron chi connectivity index (χ1n) is 7.96. The van der Waals surface area contributed by atoms with Gasteiger partial charge in [0.2, 0.25) is 0 Å². The molecule has 6 nitrogen and oxygen atoms in total. The van der Waals surface area contributed by atoms with E-state index in [1.807, 2.05) is 19.1 Å². The molecule has 0 aliphatic carbocycles. The van der Waals surface area contributed by atoms with Gasteiger partial charge in [-0.05, 0) is 31.2 Å². The molecule has 0 aromatic heterocycles. The number of rotatable bonds is 3. The molecule has 4 N–H and O–H groups in total. The average molecular weight is 394 g/mol. The number of nitrogens with one attached hydrogen (secondary N) is 3. The molecule has 3 rings (SSSR count). The topological polar surface area (TPSA) is 90.5 Å². The van der Waals surface area contributed by atoms with E-state index < -0.39 is 24.1 Å². The van der Waals surface area contributed by atoms with E-state index in [-0.39, 0.29) is 6.42 Å². The van der Waals surface area contributed by atoms with Crippen molar-refractivity contribution < 1.29 is 14.7 Å². The van der Waals surface area contributed by atoms with Crippen molar-refractivity contribution in [2.75, 3.05) is 10.6 Å². The van der Waals surface area contributed by atoms with Crippen LogP contribution in [0.5, 0.6) is 0 Å². The number of carbonyl (C=O) groups excluding carboxylic acids is 1. The van der Waals surface area contributed by atoms with Crippen molar-refractivity contribution in [3.8, 4) is 0 Å². The molecule has 2 amide bonds. The summed E-state index contributed by atoms with van der Waals surface area (Å²) in [5, 5.41) is 18.5. The second kappa shape index (κ2) is 7.43. The number of anilines is 2. The monoisotopic (exact) mass is 393 g/mol. The van der Waals surface area contributed by atoms with Crippen LogP contribution in [0, 0.1) is 6.92 Å². The fourth-order valence-electron chi connectivity index (χ4n) is 2.91. The van der Waals surface area contributed by atoms with Crippen LogP contribution in [-0.2, 0) is 4.79 Å². The number of fused-ring (bicyclic) bond motifs is 1. The maximum absolute atomic E-state index is 12.4. The Bertz CT molecular complexity index is 856. The summed E-state index contributed by atoms with van der Waals surface area (Å²) in [5.74, 6) is -1.02. The minimum Gasteiger partial charge on any atom is -0.480 e. The van der Waals surface area contributed by atoms with Gasteiger partial charge in [0.25, 0.3) is 0 Å². The number of hydrogen-bond donors (Lipinski definition) is 4. The zero-order chi connectivity index (χ0) is 18.8. The first kappa shape index (κ1) is 18.4. The lowest BCUT2D eigenvalue weighted by molar-refractivity contribution is -0.138. The quantitative estimate of drug-likeness (QED) is 0.620. The van der Waals surface area contributed by atoms with E-state index in [0.717, 1.165) is 5.56 Å². The fourth-order valence-corrected chi connectivity index (χ4v) is 3.54. The van der Waals surface area contributed by atoms with E-state index >= 15 is 0 Å². The minimum absolute atomic E-state index is 0.158. The van der Waals surface area contributed by atoms with Crippen molar-refractivity contribution in [3.63, 3.8) is 0 Å². The molecular formula is C18H17Cl2N3O3. The van der Waals surface area contributed by atoms with Crippen LogP contribution >= 0.6 is 23.2 Å². The summed E-state index contributed by atoms with van der Waals surface area (Å²) in [5.41, 5.74) is 2.84. The molecule has 0 saturated heterocycles. The summed E-state index contributed by atoms with van der Waals surface area (Å²) in [6, 6.07) is 8.65. The molecule has 1 aliphatic rings. The van der Waals surface area contributed by atoms with Crippen LogP contribution in [0.15, 0.2) is 36.4 Å². The van der Waals surface area contributed by atoms with Gasteiger partial charge >= 0.3 is 12.0 Å². The predicted molar refractivity (Wildman–Crippen MR) is 102 cm³/mol. The number of carbonyl (C=O) groups is 2. The smallest absolute Gasteiger partial charge is 0.326 e. The lowest BCUT2D eigenvalue weighted by Gasteiger charge is -2.32. The largest absolute Gasteiger partial charge is 0.480 e. The molecule has 2 aromatic rings. The van der Waals surface area contributed by atoms with Crippen molar-refractivity contribution in [1.29, 1.82) is 0 Å². The number of carboxylic acid groups (broad SMARTS) is 1. The van der Waals surface area contributed by atoms with Crippen LogP contribution in [0.2, 0.25) is 10.0 Å². The van der Waals surface area contributed by atoms with E-state index in [2.05, 4.69) is 16.0 Å². The first-order valence-corrected chi connectivity index (χ1v) is 8.71. The predicted octanol–water partition coefficient (Wildman–Crippen LogP) is 4.43. The summed E-state index contributed by atoms with van der Waals surface area (Å²) < 4.78 is 0. The summed E-state index contributed by atoms with van der Waals surface area (Å²) in [4.78, 5) is 23.8. The van der Waals surface area contributed by atoms with Gasteiger partial charge in [0.05, 0.1) is 6.04 Å². The number of benzene rings is 2. The summed E-state index contributed by atoms with van der Waals surface area (Å²) >= 11 is 12.3. The molecule has 0 fully saturated rings. The Kier molecular flexibility index (Phi) is 5.25. The number of hydrogen-bond acceptors (Lipinski definition) is 3. The highest BCUT2D eigenvalue weighted by molar-refractivity contribution is 6.35. The Hall–Kier alpha value is -2.44. The molecule has 136 valence electrons. The fraction of sp³-hybridized carbons (Fsp3) is 0.222. The van der Waals surface area contributed by atoms with Gasteiger partial charge in [-0.15, -0.1) is 0 Å². The van der Waals surface area contributed by atoms with Crippen molar-refractivity contribution in [3.05, 3.63) is 57.6 Å². The van der Waals surface area contributed by atoms with Crippen molar-refractivity contribution in [2.24, 2.45) is 0 Å². The standard InChI is InChI=1S/C18H17Cl2N3O3/c1-9-2-4-11(5-3-9)21-18(26)23-14-8-15(17(24)25)22-13-7-10(19)6-12(20)16(13)14/h2-7,14-15,22H,8H2,1H3,(H,24,25)(H2,21,23,26). The van der Waals surface area contributed by atoms with Gasteiger partial charge in [0, 0.05) is 33.4 Å². The molecule has 0 saturated carbocycles. The third-order valence-electron chi connectivity index (χ3n) is 4.16. The van der Waals surface area contributed by atoms with Crippen LogP contribution in [0.25, 0.3) is 0 Å². The van der Waals surface area contributed by atoms with E-state index in [1.165, 1.54) is 0 Å². The Morgan fingerprint density at radius 2 is 1.88 bits per heavy atom. The van der Waals surface area contributed by atoms with Crippen molar-refractivity contribution >= 4 is 46.6 Å². The molecule has 1 heterocycles. The highest BCUT2D eigenvalue weighted by Gasteiger charge is 2.33. The Morgan fingerprint density at radius 1 is 1.19 bits per heavy atom.